The van der Waals surface area contributed by atoms with Crippen LogP contribution in [-0.2, 0) is 9.53 Å². The van der Waals surface area contributed by atoms with Crippen LogP contribution in [0.2, 0.25) is 0 Å². The number of carboxylic acids is 1. The van der Waals surface area contributed by atoms with Crippen molar-refractivity contribution in [3.8, 4) is 22.8 Å². The molecule has 0 saturated heterocycles. The zero-order valence-electron chi connectivity index (χ0n) is 24.0. The molecule has 1 aromatic heterocycles. The van der Waals surface area contributed by atoms with E-state index in [1.54, 1.807) is 63.2 Å². The number of urea groups is 1. The molecule has 13 nitrogen and oxygen atoms in total. The zero-order chi connectivity index (χ0) is 31.1. The lowest BCUT2D eigenvalue weighted by atomic mass is 9.95. The molecule has 2 aromatic carbocycles. The fourth-order valence-corrected chi connectivity index (χ4v) is 4.45. The molecule has 1 aliphatic rings. The number of carboxylic acid groups (broad SMARTS) is 1. The summed E-state index contributed by atoms with van der Waals surface area (Å²) in [6.45, 7) is 5.33. The van der Waals surface area contributed by atoms with Crippen LogP contribution in [-0.4, -0.2) is 60.9 Å². The van der Waals surface area contributed by atoms with Gasteiger partial charge in [0.2, 0.25) is 0 Å². The van der Waals surface area contributed by atoms with Gasteiger partial charge in [-0.15, -0.1) is 0 Å². The molecule has 5 N–H and O–H groups in total. The van der Waals surface area contributed by atoms with Gasteiger partial charge >= 0.3 is 18.0 Å². The minimum atomic E-state index is -1.19. The van der Waals surface area contributed by atoms with Crippen LogP contribution in [0.15, 0.2) is 69.3 Å². The first-order chi connectivity index (χ1) is 20.6. The van der Waals surface area contributed by atoms with Crippen LogP contribution >= 0.6 is 0 Å². The fraction of sp³-hybridized carbons (Fsp3) is 0.267. The molecule has 2 atom stereocenters. The molecule has 0 saturated carbocycles. The Hall–Kier alpha value is -5.30. The Balaban J connectivity index is 1.39. The summed E-state index contributed by atoms with van der Waals surface area (Å²) in [7, 11) is 1.26. The average molecular weight is 593 g/mol. The number of aryl methyl sites for hydroxylation is 1. The predicted octanol–water partition coefficient (Wildman–Crippen LogP) is 3.47. The Morgan fingerprint density at radius 3 is 2.60 bits per heavy atom. The summed E-state index contributed by atoms with van der Waals surface area (Å²) in [4.78, 5) is 35.7. The molecule has 0 spiro atoms. The second-order valence-electron chi connectivity index (χ2n) is 9.45. The fourth-order valence-electron chi connectivity index (χ4n) is 4.45. The third kappa shape index (κ3) is 7.32. The van der Waals surface area contributed by atoms with Crippen LogP contribution in [0.1, 0.15) is 47.1 Å². The quantitative estimate of drug-likeness (QED) is 0.0904. The highest BCUT2D eigenvalue weighted by atomic mass is 16.5. The van der Waals surface area contributed by atoms with Crippen molar-refractivity contribution in [1.29, 1.82) is 0 Å². The smallest absolute Gasteiger partial charge is 0.337 e. The SMILES string of the molecule is CCOc1cc([C@@H]2NC(=O)NC(C)=C2C(=O)OC)ccc1OC[C@H](O)N/N=C\c1ccc(-c2ccc(C(=O)O)cc2C)o1. The molecule has 1 aliphatic heterocycles. The highest BCUT2D eigenvalue weighted by Crippen LogP contribution is 2.35. The number of aromatic carboxylic acids is 1. The van der Waals surface area contributed by atoms with E-state index in [4.69, 9.17) is 23.7 Å². The molecule has 2 heterocycles. The molecule has 4 rings (SSSR count). The molecular weight excluding hydrogens is 560 g/mol. The molecule has 43 heavy (non-hydrogen) atoms. The first-order valence-corrected chi connectivity index (χ1v) is 13.3. The molecule has 3 aromatic rings. The van der Waals surface area contributed by atoms with Gasteiger partial charge in [-0.25, -0.2) is 14.4 Å². The minimum Gasteiger partial charge on any atom is -0.490 e. The average Bonchev–Trinajstić information content (AvgIpc) is 3.44. The Kier molecular flexibility index (Phi) is 9.68. The monoisotopic (exact) mass is 592 g/mol. The van der Waals surface area contributed by atoms with E-state index in [1.165, 1.54) is 19.4 Å². The van der Waals surface area contributed by atoms with E-state index >= 15 is 0 Å². The van der Waals surface area contributed by atoms with Gasteiger partial charge in [-0.05, 0) is 68.3 Å². The van der Waals surface area contributed by atoms with Gasteiger partial charge in [0.15, 0.2) is 17.7 Å². The summed E-state index contributed by atoms with van der Waals surface area (Å²) >= 11 is 0. The Labute approximate surface area is 247 Å². The Morgan fingerprint density at radius 2 is 1.91 bits per heavy atom. The largest absolute Gasteiger partial charge is 0.490 e. The van der Waals surface area contributed by atoms with Gasteiger partial charge < -0.3 is 39.5 Å². The molecule has 0 radical (unpaired) electrons. The summed E-state index contributed by atoms with van der Waals surface area (Å²) in [5, 5.41) is 28.8. The number of esters is 1. The topological polar surface area (TPSA) is 181 Å². The number of carbonyl (C=O) groups excluding carboxylic acids is 2. The summed E-state index contributed by atoms with van der Waals surface area (Å²) in [5.41, 5.74) is 5.44. The van der Waals surface area contributed by atoms with Gasteiger partial charge in [0.05, 0.1) is 37.1 Å². The van der Waals surface area contributed by atoms with Crippen molar-refractivity contribution in [2.24, 2.45) is 5.10 Å². The lowest BCUT2D eigenvalue weighted by Crippen LogP contribution is -2.45. The molecule has 0 bridgehead atoms. The van der Waals surface area contributed by atoms with Crippen molar-refractivity contribution in [3.05, 3.63) is 82.3 Å². The number of amides is 2. The number of methoxy groups -OCH3 is 1. The molecule has 13 heteroatoms. The van der Waals surface area contributed by atoms with Gasteiger partial charge in [-0.1, -0.05) is 12.1 Å². The van der Waals surface area contributed by atoms with Crippen molar-refractivity contribution in [3.63, 3.8) is 0 Å². The summed E-state index contributed by atoms with van der Waals surface area (Å²) in [6.07, 6.45) is 0.196. The van der Waals surface area contributed by atoms with Crippen molar-refractivity contribution in [2.45, 2.75) is 33.0 Å². The maximum absolute atomic E-state index is 12.4. The van der Waals surface area contributed by atoms with Gasteiger partial charge in [0.1, 0.15) is 18.1 Å². The number of carbonyl (C=O) groups is 3. The molecule has 226 valence electrons. The molecule has 0 unspecified atom stereocenters. The number of aliphatic hydroxyl groups is 1. The first-order valence-electron chi connectivity index (χ1n) is 13.3. The van der Waals surface area contributed by atoms with Gasteiger partial charge in [-0.3, -0.25) is 5.43 Å². The number of benzene rings is 2. The first kappa shape index (κ1) is 30.7. The maximum atomic E-state index is 12.4. The van der Waals surface area contributed by atoms with E-state index in [0.717, 1.165) is 11.1 Å². The van der Waals surface area contributed by atoms with Crippen molar-refractivity contribution >= 4 is 24.2 Å². The highest BCUT2D eigenvalue weighted by molar-refractivity contribution is 5.95. The normalized spacial score (nSPS) is 15.5. The number of aliphatic hydroxyl groups excluding tert-OH is 1. The molecule has 0 fully saturated rings. The van der Waals surface area contributed by atoms with E-state index in [2.05, 4.69) is 21.2 Å². The van der Waals surface area contributed by atoms with Gasteiger partial charge in [0, 0.05) is 11.3 Å². The number of rotatable bonds is 12. The van der Waals surface area contributed by atoms with Gasteiger partial charge in [0.25, 0.3) is 0 Å². The number of allylic oxidation sites excluding steroid dienone is 1. The number of nitrogens with zero attached hydrogens (tertiary/aromatic N) is 1. The molecule has 0 aliphatic carbocycles. The second kappa shape index (κ2) is 13.6. The van der Waals surface area contributed by atoms with Crippen LogP contribution in [0.3, 0.4) is 0 Å². The highest BCUT2D eigenvalue weighted by Gasteiger charge is 2.32. The van der Waals surface area contributed by atoms with E-state index < -0.39 is 30.2 Å². The van der Waals surface area contributed by atoms with Crippen molar-refractivity contribution < 1.29 is 43.2 Å². The van der Waals surface area contributed by atoms with Crippen LogP contribution in [0.25, 0.3) is 11.3 Å². The third-order valence-electron chi connectivity index (χ3n) is 6.45. The number of nitrogens with one attached hydrogen (secondary N) is 3. The lowest BCUT2D eigenvalue weighted by molar-refractivity contribution is -0.136. The van der Waals surface area contributed by atoms with Crippen molar-refractivity contribution in [2.75, 3.05) is 20.3 Å². The zero-order valence-corrected chi connectivity index (χ0v) is 24.0. The molecular formula is C30H32N4O9. The van der Waals surface area contributed by atoms with Crippen LogP contribution < -0.4 is 25.5 Å². The standard InChI is InChI=1S/C30H32N4O9/c1-5-41-24-13-18(27-26(29(38)40-4)17(3)32-30(39)33-27)7-10-23(24)42-15-25(35)34-31-14-20-8-11-22(43-20)21-9-6-19(28(36)37)12-16(21)2/h6-14,25,27,34-35H,5,15H2,1-4H3,(H,36,37)(H2,32,33,39)/b31-14-/t25-,27-/m0/s1. The Bertz CT molecular complexity index is 1580. The van der Waals surface area contributed by atoms with E-state index in [-0.39, 0.29) is 17.7 Å². The maximum Gasteiger partial charge on any atom is 0.337 e. The van der Waals surface area contributed by atoms with E-state index in [0.29, 0.717) is 40.9 Å². The number of hydrogen-bond acceptors (Lipinski definition) is 10. The predicted molar refractivity (Wildman–Crippen MR) is 155 cm³/mol. The number of ether oxygens (including phenoxy) is 3. The number of hydrogen-bond donors (Lipinski definition) is 5. The van der Waals surface area contributed by atoms with Crippen LogP contribution in [0, 0.1) is 6.92 Å². The van der Waals surface area contributed by atoms with E-state index in [1.807, 2.05) is 0 Å². The second-order valence-corrected chi connectivity index (χ2v) is 9.45. The van der Waals surface area contributed by atoms with Crippen LogP contribution in [0.4, 0.5) is 4.79 Å². The van der Waals surface area contributed by atoms with Crippen LogP contribution in [0.5, 0.6) is 11.5 Å². The Morgan fingerprint density at radius 1 is 1.12 bits per heavy atom. The lowest BCUT2D eigenvalue weighted by Gasteiger charge is -2.28. The molecule has 2 amide bonds. The summed E-state index contributed by atoms with van der Waals surface area (Å²) < 4.78 is 22.2. The minimum absolute atomic E-state index is 0.189. The van der Waals surface area contributed by atoms with Gasteiger partial charge in [-0.2, -0.15) is 5.10 Å². The number of hydrazone groups is 1. The third-order valence-corrected chi connectivity index (χ3v) is 6.45. The van der Waals surface area contributed by atoms with Crippen molar-refractivity contribution in [1.82, 2.24) is 16.1 Å². The van der Waals surface area contributed by atoms with E-state index in [9.17, 15) is 19.5 Å². The summed E-state index contributed by atoms with van der Waals surface area (Å²) in [5.74, 6) is 0.0391. The number of furan rings is 1. The summed E-state index contributed by atoms with van der Waals surface area (Å²) in [6, 6.07) is 11.9.